The van der Waals surface area contributed by atoms with E-state index in [9.17, 15) is 4.79 Å². The van der Waals surface area contributed by atoms with Crippen LogP contribution in [-0.2, 0) is 17.8 Å². The zero-order valence-electron chi connectivity index (χ0n) is 14.4. The highest BCUT2D eigenvalue weighted by molar-refractivity contribution is 8.01. The highest BCUT2D eigenvalue weighted by atomic mass is 32.2. The number of thioether (sulfide) groups is 1. The maximum atomic E-state index is 12.2. The number of hydrogen-bond acceptors (Lipinski definition) is 6. The normalized spacial score (nSPS) is 10.5. The Balaban J connectivity index is 1.47. The number of rotatable bonds is 8. The van der Waals surface area contributed by atoms with E-state index in [-0.39, 0.29) is 5.91 Å². The van der Waals surface area contributed by atoms with Gasteiger partial charge in [0.05, 0.1) is 5.75 Å². The van der Waals surface area contributed by atoms with Gasteiger partial charge in [-0.05, 0) is 23.6 Å². The highest BCUT2D eigenvalue weighted by Gasteiger charge is 2.09. The van der Waals surface area contributed by atoms with E-state index in [1.165, 1.54) is 28.7 Å². The molecule has 0 fully saturated rings. The summed E-state index contributed by atoms with van der Waals surface area (Å²) < 4.78 is 0.777. The van der Waals surface area contributed by atoms with Crippen molar-refractivity contribution in [3.8, 4) is 0 Å². The van der Waals surface area contributed by atoms with Gasteiger partial charge < -0.3 is 10.6 Å². The van der Waals surface area contributed by atoms with Gasteiger partial charge in [-0.2, -0.15) is 0 Å². The van der Waals surface area contributed by atoms with Gasteiger partial charge in [0.15, 0.2) is 4.34 Å². The van der Waals surface area contributed by atoms with Crippen LogP contribution in [0.5, 0.6) is 0 Å². The van der Waals surface area contributed by atoms with Crippen LogP contribution in [0.3, 0.4) is 0 Å². The van der Waals surface area contributed by atoms with Gasteiger partial charge in [0, 0.05) is 12.2 Å². The molecule has 1 heterocycles. The van der Waals surface area contributed by atoms with E-state index in [0.717, 1.165) is 27.1 Å². The Hall–Kier alpha value is -2.38. The number of aromatic nitrogens is 2. The van der Waals surface area contributed by atoms with Crippen LogP contribution in [0.15, 0.2) is 58.9 Å². The van der Waals surface area contributed by atoms with Gasteiger partial charge in [-0.25, -0.2) is 0 Å². The molecule has 134 valence electrons. The van der Waals surface area contributed by atoms with Crippen molar-refractivity contribution in [1.82, 2.24) is 10.2 Å². The molecule has 2 N–H and O–H groups in total. The zero-order chi connectivity index (χ0) is 18.2. The lowest BCUT2D eigenvalue weighted by molar-refractivity contribution is -0.113. The Labute approximate surface area is 161 Å². The van der Waals surface area contributed by atoms with Crippen LogP contribution >= 0.6 is 23.1 Å². The van der Waals surface area contributed by atoms with Crippen LogP contribution < -0.4 is 10.6 Å². The van der Waals surface area contributed by atoms with Gasteiger partial charge in [-0.15, -0.1) is 10.2 Å². The molecule has 0 radical (unpaired) electrons. The summed E-state index contributed by atoms with van der Waals surface area (Å²) in [4.78, 5) is 12.2. The summed E-state index contributed by atoms with van der Waals surface area (Å²) in [6, 6.07) is 18.0. The maximum Gasteiger partial charge on any atom is 0.234 e. The van der Waals surface area contributed by atoms with E-state index >= 15 is 0 Å². The fourth-order valence-electron chi connectivity index (χ4n) is 2.38. The maximum absolute atomic E-state index is 12.2. The Bertz CT molecular complexity index is 852. The Morgan fingerprint density at radius 3 is 2.65 bits per heavy atom. The molecule has 5 nitrogen and oxygen atoms in total. The van der Waals surface area contributed by atoms with Crippen LogP contribution in [0.4, 0.5) is 10.8 Å². The molecule has 7 heteroatoms. The first kappa shape index (κ1) is 18.4. The molecule has 0 spiro atoms. The first-order valence-electron chi connectivity index (χ1n) is 8.36. The molecule has 26 heavy (non-hydrogen) atoms. The van der Waals surface area contributed by atoms with Gasteiger partial charge in [0.25, 0.3) is 0 Å². The third-order valence-electron chi connectivity index (χ3n) is 3.69. The van der Waals surface area contributed by atoms with Crippen molar-refractivity contribution in [3.05, 3.63) is 65.7 Å². The second-order valence-corrected chi connectivity index (χ2v) is 7.76. The third kappa shape index (κ3) is 5.31. The second kappa shape index (κ2) is 9.35. The van der Waals surface area contributed by atoms with Crippen LogP contribution in [0.25, 0.3) is 0 Å². The molecule has 2 aromatic carbocycles. The molecule has 0 saturated heterocycles. The van der Waals surface area contributed by atoms with E-state index in [1.54, 1.807) is 0 Å². The fraction of sp³-hybridized carbons (Fsp3) is 0.211. The van der Waals surface area contributed by atoms with Crippen LogP contribution in [0.1, 0.15) is 18.1 Å². The Morgan fingerprint density at radius 1 is 1.08 bits per heavy atom. The standard InChI is InChI=1S/C19H20N4OS2/c1-2-15-10-6-7-11-16(15)21-17(24)13-25-19-23-22-18(26-19)20-12-14-8-4-3-5-9-14/h3-11H,2,12-13H2,1H3,(H,20,22)(H,21,24). The summed E-state index contributed by atoms with van der Waals surface area (Å²) in [7, 11) is 0. The Kier molecular flexibility index (Phi) is 6.62. The van der Waals surface area contributed by atoms with Crippen molar-refractivity contribution < 1.29 is 4.79 Å². The van der Waals surface area contributed by atoms with Crippen LogP contribution in [0.2, 0.25) is 0 Å². The quantitative estimate of drug-likeness (QED) is 0.562. The number of nitrogens with one attached hydrogen (secondary N) is 2. The first-order valence-corrected chi connectivity index (χ1v) is 10.2. The minimum atomic E-state index is -0.0371. The number of nitrogens with zero attached hydrogens (tertiary/aromatic N) is 2. The largest absolute Gasteiger partial charge is 0.356 e. The van der Waals surface area contributed by atoms with Gasteiger partial charge >= 0.3 is 0 Å². The number of carbonyl (C=O) groups is 1. The number of carbonyl (C=O) groups excluding carboxylic acids is 1. The van der Waals surface area contributed by atoms with Crippen molar-refractivity contribution in [1.29, 1.82) is 0 Å². The van der Waals surface area contributed by atoms with Crippen molar-refractivity contribution in [2.24, 2.45) is 0 Å². The number of benzene rings is 2. The molecule has 1 amide bonds. The minimum Gasteiger partial charge on any atom is -0.356 e. The molecule has 0 unspecified atom stereocenters. The van der Waals surface area contributed by atoms with Gasteiger partial charge in [0.2, 0.25) is 11.0 Å². The van der Waals surface area contributed by atoms with Gasteiger partial charge in [-0.1, -0.05) is 78.6 Å². The molecular weight excluding hydrogens is 364 g/mol. The van der Waals surface area contributed by atoms with Crippen molar-refractivity contribution in [2.75, 3.05) is 16.4 Å². The zero-order valence-corrected chi connectivity index (χ0v) is 16.1. The summed E-state index contributed by atoms with van der Waals surface area (Å²) in [5.41, 5.74) is 3.20. The molecule has 0 aliphatic carbocycles. The molecule has 0 atom stereocenters. The lowest BCUT2D eigenvalue weighted by Crippen LogP contribution is -2.15. The van der Waals surface area contributed by atoms with Crippen molar-refractivity contribution >= 4 is 39.8 Å². The highest BCUT2D eigenvalue weighted by Crippen LogP contribution is 2.26. The summed E-state index contributed by atoms with van der Waals surface area (Å²) in [6.07, 6.45) is 0.885. The minimum absolute atomic E-state index is 0.0371. The molecule has 1 aromatic heterocycles. The van der Waals surface area contributed by atoms with Crippen molar-refractivity contribution in [2.45, 2.75) is 24.2 Å². The second-order valence-electron chi connectivity index (χ2n) is 5.56. The smallest absolute Gasteiger partial charge is 0.234 e. The number of anilines is 2. The summed E-state index contributed by atoms with van der Waals surface area (Å²) >= 11 is 2.85. The summed E-state index contributed by atoms with van der Waals surface area (Å²) in [5, 5.41) is 15.2. The average Bonchev–Trinajstić information content (AvgIpc) is 3.14. The predicted molar refractivity (Wildman–Crippen MR) is 109 cm³/mol. The molecule has 0 aliphatic heterocycles. The van der Waals surface area contributed by atoms with E-state index in [1.807, 2.05) is 42.5 Å². The molecule has 0 aliphatic rings. The third-order valence-corrected chi connectivity index (χ3v) is 5.71. The SMILES string of the molecule is CCc1ccccc1NC(=O)CSc1nnc(NCc2ccccc2)s1. The van der Waals surface area contributed by atoms with E-state index in [4.69, 9.17) is 0 Å². The molecule has 3 rings (SSSR count). The van der Waals surface area contributed by atoms with Gasteiger partial charge in [0.1, 0.15) is 0 Å². The number of amides is 1. The van der Waals surface area contributed by atoms with E-state index in [0.29, 0.717) is 12.3 Å². The van der Waals surface area contributed by atoms with Crippen LogP contribution in [0, 0.1) is 0 Å². The lowest BCUT2D eigenvalue weighted by Gasteiger charge is -2.08. The number of aryl methyl sites for hydroxylation is 1. The Morgan fingerprint density at radius 2 is 1.85 bits per heavy atom. The summed E-state index contributed by atoms with van der Waals surface area (Å²) in [5.74, 6) is 0.274. The number of para-hydroxylation sites is 1. The summed E-state index contributed by atoms with van der Waals surface area (Å²) in [6.45, 7) is 2.78. The van der Waals surface area contributed by atoms with E-state index in [2.05, 4.69) is 39.9 Å². The molecule has 0 saturated carbocycles. The topological polar surface area (TPSA) is 66.9 Å². The monoisotopic (exact) mass is 384 g/mol. The first-order chi connectivity index (χ1) is 12.7. The van der Waals surface area contributed by atoms with Gasteiger partial charge in [-0.3, -0.25) is 4.79 Å². The molecular formula is C19H20N4OS2. The molecule has 3 aromatic rings. The lowest BCUT2D eigenvalue weighted by atomic mass is 10.1. The van der Waals surface area contributed by atoms with Crippen molar-refractivity contribution in [3.63, 3.8) is 0 Å². The number of hydrogen-bond donors (Lipinski definition) is 2. The predicted octanol–water partition coefficient (Wildman–Crippen LogP) is 4.44. The van der Waals surface area contributed by atoms with Crippen LogP contribution in [-0.4, -0.2) is 21.9 Å². The average molecular weight is 385 g/mol. The molecule has 0 bridgehead atoms. The fourth-order valence-corrected chi connectivity index (χ4v) is 3.92. The van der Waals surface area contributed by atoms with E-state index < -0.39 is 0 Å².